The molecular formula is C15H29N3O. The molecule has 0 aromatic carbocycles. The summed E-state index contributed by atoms with van der Waals surface area (Å²) >= 11 is 0. The predicted octanol–water partition coefficient (Wildman–Crippen LogP) is 2.36. The van der Waals surface area contributed by atoms with Crippen molar-refractivity contribution in [3.63, 3.8) is 0 Å². The molecular weight excluding hydrogens is 238 g/mol. The van der Waals surface area contributed by atoms with Crippen molar-refractivity contribution in [2.45, 2.75) is 65.0 Å². The summed E-state index contributed by atoms with van der Waals surface area (Å²) in [7, 11) is 1.95. The lowest BCUT2D eigenvalue weighted by Gasteiger charge is -2.26. The van der Waals surface area contributed by atoms with Crippen LogP contribution in [0.5, 0.6) is 0 Å². The van der Waals surface area contributed by atoms with Crippen LogP contribution >= 0.6 is 0 Å². The van der Waals surface area contributed by atoms with Crippen LogP contribution < -0.4 is 5.32 Å². The maximum Gasteiger partial charge on any atom is 0.0766 e. The van der Waals surface area contributed by atoms with E-state index in [2.05, 4.69) is 37.4 Å². The van der Waals surface area contributed by atoms with Crippen LogP contribution in [0.25, 0.3) is 0 Å². The largest absolute Gasteiger partial charge is 0.389 e. The van der Waals surface area contributed by atoms with Crippen LogP contribution in [0.1, 0.15) is 58.7 Å². The summed E-state index contributed by atoms with van der Waals surface area (Å²) in [5, 5.41) is 18.2. The zero-order valence-electron chi connectivity index (χ0n) is 13.2. The molecule has 0 atom stereocenters. The third-order valence-electron chi connectivity index (χ3n) is 3.70. The van der Waals surface area contributed by atoms with Crippen LogP contribution in [-0.4, -0.2) is 27.0 Å². The van der Waals surface area contributed by atoms with Crippen molar-refractivity contribution >= 4 is 0 Å². The number of rotatable bonds is 6. The normalized spacial score (nSPS) is 13.0. The molecule has 0 saturated carbocycles. The van der Waals surface area contributed by atoms with Gasteiger partial charge in [0, 0.05) is 37.3 Å². The molecule has 0 radical (unpaired) electrons. The van der Waals surface area contributed by atoms with Crippen LogP contribution in [-0.2, 0) is 19.0 Å². The van der Waals surface area contributed by atoms with Crippen molar-refractivity contribution in [3.05, 3.63) is 17.5 Å². The SMILES string of the molecule is CCC(O)(CC)CNCc1cn(C)nc1C(C)(C)C. The van der Waals surface area contributed by atoms with Crippen molar-refractivity contribution in [1.82, 2.24) is 15.1 Å². The Morgan fingerprint density at radius 3 is 2.32 bits per heavy atom. The minimum absolute atomic E-state index is 0.0457. The first-order chi connectivity index (χ1) is 8.72. The Morgan fingerprint density at radius 2 is 1.84 bits per heavy atom. The van der Waals surface area contributed by atoms with Gasteiger partial charge in [-0.2, -0.15) is 5.10 Å². The second-order valence-corrected chi connectivity index (χ2v) is 6.46. The van der Waals surface area contributed by atoms with E-state index in [1.54, 1.807) is 0 Å². The fourth-order valence-corrected chi connectivity index (χ4v) is 2.23. The highest BCUT2D eigenvalue weighted by Gasteiger charge is 2.24. The fourth-order valence-electron chi connectivity index (χ4n) is 2.23. The van der Waals surface area contributed by atoms with Gasteiger partial charge in [-0.1, -0.05) is 34.6 Å². The lowest BCUT2D eigenvalue weighted by Crippen LogP contribution is -2.39. The van der Waals surface area contributed by atoms with Crippen LogP contribution in [0.15, 0.2) is 6.20 Å². The number of aromatic nitrogens is 2. The quantitative estimate of drug-likeness (QED) is 0.832. The molecule has 1 heterocycles. The summed E-state index contributed by atoms with van der Waals surface area (Å²) in [4.78, 5) is 0. The van der Waals surface area contributed by atoms with Gasteiger partial charge >= 0.3 is 0 Å². The van der Waals surface area contributed by atoms with Crippen LogP contribution in [0, 0.1) is 0 Å². The Bertz CT molecular complexity index is 400. The van der Waals surface area contributed by atoms with E-state index < -0.39 is 5.60 Å². The molecule has 0 fully saturated rings. The summed E-state index contributed by atoms with van der Waals surface area (Å²) in [6.07, 6.45) is 3.61. The first-order valence-electron chi connectivity index (χ1n) is 7.18. The Labute approximate surface area is 117 Å². The van der Waals surface area contributed by atoms with E-state index in [0.717, 1.165) is 25.1 Å². The Morgan fingerprint density at radius 1 is 1.26 bits per heavy atom. The lowest BCUT2D eigenvalue weighted by atomic mass is 9.89. The molecule has 0 amide bonds. The number of aryl methyl sites for hydroxylation is 1. The van der Waals surface area contributed by atoms with Gasteiger partial charge in [0.1, 0.15) is 0 Å². The summed E-state index contributed by atoms with van der Waals surface area (Å²) in [5.41, 5.74) is 1.79. The number of nitrogens with zero attached hydrogens (tertiary/aromatic N) is 2. The van der Waals surface area contributed by atoms with E-state index >= 15 is 0 Å². The van der Waals surface area contributed by atoms with Crippen molar-refractivity contribution in [3.8, 4) is 0 Å². The molecule has 0 saturated heterocycles. The first-order valence-corrected chi connectivity index (χ1v) is 7.18. The summed E-state index contributed by atoms with van der Waals surface area (Å²) < 4.78 is 1.86. The lowest BCUT2D eigenvalue weighted by molar-refractivity contribution is 0.0323. The number of hydrogen-bond donors (Lipinski definition) is 2. The Kier molecular flexibility index (Phi) is 5.16. The summed E-state index contributed by atoms with van der Waals surface area (Å²) in [6, 6.07) is 0. The maximum atomic E-state index is 10.3. The van der Waals surface area contributed by atoms with Gasteiger partial charge in [-0.25, -0.2) is 0 Å². The van der Waals surface area contributed by atoms with Gasteiger partial charge in [-0.15, -0.1) is 0 Å². The molecule has 4 nitrogen and oxygen atoms in total. The predicted molar refractivity (Wildman–Crippen MR) is 79.1 cm³/mol. The van der Waals surface area contributed by atoms with Gasteiger partial charge in [-0.05, 0) is 12.8 Å². The highest BCUT2D eigenvalue weighted by Crippen LogP contribution is 2.24. The molecule has 1 aromatic rings. The van der Waals surface area contributed by atoms with Crippen LogP contribution in [0.4, 0.5) is 0 Å². The molecule has 1 aromatic heterocycles. The van der Waals surface area contributed by atoms with Gasteiger partial charge in [0.15, 0.2) is 0 Å². The molecule has 0 spiro atoms. The third kappa shape index (κ3) is 4.32. The second kappa shape index (κ2) is 6.06. The van der Waals surface area contributed by atoms with Crippen molar-refractivity contribution in [1.29, 1.82) is 0 Å². The molecule has 19 heavy (non-hydrogen) atoms. The zero-order valence-corrected chi connectivity index (χ0v) is 13.2. The molecule has 0 aliphatic rings. The highest BCUT2D eigenvalue weighted by molar-refractivity contribution is 5.23. The number of nitrogens with one attached hydrogen (secondary N) is 1. The average molecular weight is 267 g/mol. The smallest absolute Gasteiger partial charge is 0.0766 e. The van der Waals surface area contributed by atoms with Crippen LogP contribution in [0.2, 0.25) is 0 Å². The van der Waals surface area contributed by atoms with Crippen molar-refractivity contribution in [2.75, 3.05) is 6.54 Å². The molecule has 110 valence electrons. The number of hydrogen-bond acceptors (Lipinski definition) is 3. The average Bonchev–Trinajstić information content (AvgIpc) is 2.70. The van der Waals surface area contributed by atoms with Gasteiger partial charge in [0.2, 0.25) is 0 Å². The molecule has 4 heteroatoms. The van der Waals surface area contributed by atoms with Gasteiger partial charge in [-0.3, -0.25) is 4.68 Å². The molecule has 2 N–H and O–H groups in total. The minimum atomic E-state index is -0.593. The van der Waals surface area contributed by atoms with Crippen molar-refractivity contribution in [2.24, 2.45) is 7.05 Å². The topological polar surface area (TPSA) is 50.1 Å². The Balaban J connectivity index is 2.69. The molecule has 0 aliphatic carbocycles. The monoisotopic (exact) mass is 267 g/mol. The fraction of sp³-hybridized carbons (Fsp3) is 0.800. The van der Waals surface area contributed by atoms with Crippen molar-refractivity contribution < 1.29 is 5.11 Å². The van der Waals surface area contributed by atoms with Gasteiger partial charge in [0.05, 0.1) is 11.3 Å². The second-order valence-electron chi connectivity index (χ2n) is 6.46. The molecule has 0 bridgehead atoms. The van der Waals surface area contributed by atoms with E-state index in [-0.39, 0.29) is 5.41 Å². The van der Waals surface area contributed by atoms with E-state index in [1.165, 1.54) is 5.56 Å². The summed E-state index contributed by atoms with van der Waals surface area (Å²) in [6.45, 7) is 11.9. The Hall–Kier alpha value is -0.870. The van der Waals surface area contributed by atoms with Crippen LogP contribution in [0.3, 0.4) is 0 Å². The zero-order chi connectivity index (χ0) is 14.7. The van der Waals surface area contributed by atoms with E-state index in [4.69, 9.17) is 0 Å². The van der Waals surface area contributed by atoms with Gasteiger partial charge in [0.25, 0.3) is 0 Å². The van der Waals surface area contributed by atoms with E-state index in [9.17, 15) is 5.11 Å². The van der Waals surface area contributed by atoms with E-state index in [1.807, 2.05) is 25.6 Å². The standard InChI is InChI=1S/C15H29N3O/c1-7-15(19,8-2)11-16-9-12-10-18(6)17-13(12)14(3,4)5/h10,16,19H,7-9,11H2,1-6H3. The number of aliphatic hydroxyl groups is 1. The first kappa shape index (κ1) is 16.2. The van der Waals surface area contributed by atoms with E-state index in [0.29, 0.717) is 6.54 Å². The minimum Gasteiger partial charge on any atom is -0.389 e. The maximum absolute atomic E-state index is 10.3. The molecule has 1 rings (SSSR count). The van der Waals surface area contributed by atoms with Gasteiger partial charge < -0.3 is 10.4 Å². The molecule has 0 unspecified atom stereocenters. The third-order valence-corrected chi connectivity index (χ3v) is 3.70. The highest BCUT2D eigenvalue weighted by atomic mass is 16.3. The summed E-state index contributed by atoms with van der Waals surface area (Å²) in [5.74, 6) is 0. The molecule has 0 aliphatic heterocycles.